The summed E-state index contributed by atoms with van der Waals surface area (Å²) in [6.45, 7) is 1.36. The van der Waals surface area contributed by atoms with Crippen LogP contribution in [0.3, 0.4) is 0 Å². The molecule has 0 spiro atoms. The van der Waals surface area contributed by atoms with Crippen molar-refractivity contribution in [1.82, 2.24) is 9.80 Å². The molecular weight excluding hydrogens is 266 g/mol. The molecule has 1 aromatic carbocycles. The van der Waals surface area contributed by atoms with Gasteiger partial charge in [0.05, 0.1) is 25.8 Å². The lowest BCUT2D eigenvalue weighted by molar-refractivity contribution is -0.129. The zero-order valence-corrected chi connectivity index (χ0v) is 13.1. The summed E-state index contributed by atoms with van der Waals surface area (Å²) in [6.07, 6.45) is 0. The Morgan fingerprint density at radius 3 is 2.62 bits per heavy atom. The van der Waals surface area contributed by atoms with E-state index >= 15 is 0 Å². The minimum atomic E-state index is 0.0779. The van der Waals surface area contributed by atoms with Crippen LogP contribution < -0.4 is 10.5 Å². The van der Waals surface area contributed by atoms with Crippen LogP contribution in [-0.2, 0) is 11.3 Å². The highest BCUT2D eigenvalue weighted by Gasteiger charge is 2.10. The zero-order chi connectivity index (χ0) is 15.8. The molecule has 1 amide bonds. The Bertz CT molecular complexity index is 544. The maximum absolute atomic E-state index is 11.7. The number of carbonyl (C=O) groups is 1. The third-order valence-corrected chi connectivity index (χ3v) is 2.95. The Balaban J connectivity index is 2.82. The Kier molecular flexibility index (Phi) is 6.73. The van der Waals surface area contributed by atoms with Crippen molar-refractivity contribution in [1.29, 1.82) is 0 Å². The van der Waals surface area contributed by atoms with Crippen LogP contribution in [0, 0.1) is 11.8 Å². The van der Waals surface area contributed by atoms with E-state index in [1.165, 1.54) is 0 Å². The normalized spacial score (nSPS) is 10.0. The summed E-state index contributed by atoms with van der Waals surface area (Å²) in [5.74, 6) is 6.64. The van der Waals surface area contributed by atoms with Gasteiger partial charge in [0.1, 0.15) is 5.75 Å². The van der Waals surface area contributed by atoms with Gasteiger partial charge in [0.2, 0.25) is 5.91 Å². The lowest BCUT2D eigenvalue weighted by Gasteiger charge is -2.19. The van der Waals surface area contributed by atoms with E-state index in [2.05, 4.69) is 11.8 Å². The number of hydrogen-bond acceptors (Lipinski definition) is 4. The molecule has 0 aromatic heterocycles. The standard InChI is InChI=1S/C16H23N3O2/c1-18(2)16(20)12-19(3)11-13-7-8-15(21-4)14(10-13)6-5-9-17/h7-8,10H,9,11-12,17H2,1-4H3. The maximum atomic E-state index is 11.7. The smallest absolute Gasteiger partial charge is 0.236 e. The highest BCUT2D eigenvalue weighted by atomic mass is 16.5. The Morgan fingerprint density at radius 2 is 2.05 bits per heavy atom. The first-order valence-corrected chi connectivity index (χ1v) is 6.72. The molecule has 0 aliphatic heterocycles. The number of amides is 1. The molecule has 2 N–H and O–H groups in total. The van der Waals surface area contributed by atoms with Crippen molar-refractivity contribution in [3.8, 4) is 17.6 Å². The van der Waals surface area contributed by atoms with Crippen molar-refractivity contribution < 1.29 is 9.53 Å². The van der Waals surface area contributed by atoms with Crippen LogP contribution in [-0.4, -0.2) is 57.0 Å². The summed E-state index contributed by atoms with van der Waals surface area (Å²) in [4.78, 5) is 15.2. The van der Waals surface area contributed by atoms with Crippen molar-refractivity contribution >= 4 is 5.91 Å². The number of ether oxygens (including phenoxy) is 1. The second-order valence-electron chi connectivity index (χ2n) is 5.00. The summed E-state index contributed by atoms with van der Waals surface area (Å²) in [7, 11) is 7.04. The third-order valence-electron chi connectivity index (χ3n) is 2.95. The topological polar surface area (TPSA) is 58.8 Å². The van der Waals surface area contributed by atoms with Crippen LogP contribution in [0.2, 0.25) is 0 Å². The maximum Gasteiger partial charge on any atom is 0.236 e. The molecule has 5 nitrogen and oxygen atoms in total. The van der Waals surface area contributed by atoms with Crippen LogP contribution in [0.25, 0.3) is 0 Å². The van der Waals surface area contributed by atoms with E-state index < -0.39 is 0 Å². The van der Waals surface area contributed by atoms with Gasteiger partial charge in [-0.1, -0.05) is 17.9 Å². The van der Waals surface area contributed by atoms with Gasteiger partial charge in [-0.25, -0.2) is 0 Å². The number of carbonyl (C=O) groups excluding carboxylic acids is 1. The number of benzene rings is 1. The number of rotatable bonds is 5. The van der Waals surface area contributed by atoms with E-state index in [4.69, 9.17) is 10.5 Å². The fraction of sp³-hybridized carbons (Fsp3) is 0.438. The van der Waals surface area contributed by atoms with E-state index in [1.54, 1.807) is 26.1 Å². The zero-order valence-electron chi connectivity index (χ0n) is 13.1. The monoisotopic (exact) mass is 289 g/mol. The van der Waals surface area contributed by atoms with Gasteiger partial charge in [0, 0.05) is 20.6 Å². The average Bonchev–Trinajstić information content (AvgIpc) is 2.44. The predicted molar refractivity (Wildman–Crippen MR) is 84.0 cm³/mol. The van der Waals surface area contributed by atoms with E-state index in [-0.39, 0.29) is 5.91 Å². The molecule has 0 unspecified atom stereocenters. The second kappa shape index (κ2) is 8.30. The van der Waals surface area contributed by atoms with Gasteiger partial charge in [-0.05, 0) is 24.7 Å². The van der Waals surface area contributed by atoms with E-state index in [9.17, 15) is 4.79 Å². The largest absolute Gasteiger partial charge is 0.495 e. The molecular formula is C16H23N3O2. The van der Waals surface area contributed by atoms with Crippen LogP contribution in [0.5, 0.6) is 5.75 Å². The predicted octanol–water partition coefficient (Wildman–Crippen LogP) is 0.525. The fourth-order valence-electron chi connectivity index (χ4n) is 1.84. The lowest BCUT2D eigenvalue weighted by atomic mass is 10.1. The number of nitrogens with zero attached hydrogens (tertiary/aromatic N) is 2. The van der Waals surface area contributed by atoms with Crippen LogP contribution >= 0.6 is 0 Å². The fourth-order valence-corrected chi connectivity index (χ4v) is 1.84. The minimum absolute atomic E-state index is 0.0779. The number of likely N-dealkylation sites (N-methyl/N-ethyl adjacent to an activating group) is 2. The Labute approximate surface area is 126 Å². The summed E-state index contributed by atoms with van der Waals surface area (Å²) >= 11 is 0. The first kappa shape index (κ1) is 17.0. The molecule has 0 atom stereocenters. The van der Waals surface area contributed by atoms with Crippen molar-refractivity contribution in [2.24, 2.45) is 5.73 Å². The first-order chi connectivity index (χ1) is 9.97. The van der Waals surface area contributed by atoms with Crippen molar-refractivity contribution in [2.75, 3.05) is 41.3 Å². The summed E-state index contributed by atoms with van der Waals surface area (Å²) in [6, 6.07) is 5.83. The Morgan fingerprint density at radius 1 is 1.33 bits per heavy atom. The summed E-state index contributed by atoms with van der Waals surface area (Å²) in [5, 5.41) is 0. The van der Waals surface area contributed by atoms with Gasteiger partial charge in [-0.15, -0.1) is 0 Å². The van der Waals surface area contributed by atoms with E-state index in [0.717, 1.165) is 16.9 Å². The number of hydrogen-bond donors (Lipinski definition) is 1. The molecule has 114 valence electrons. The van der Waals surface area contributed by atoms with Gasteiger partial charge < -0.3 is 15.4 Å². The molecule has 0 fully saturated rings. The molecule has 1 aromatic rings. The molecule has 1 rings (SSSR count). The SMILES string of the molecule is COc1ccc(CN(C)CC(=O)N(C)C)cc1C#CCN. The van der Waals surface area contributed by atoms with Gasteiger partial charge in [0.15, 0.2) is 0 Å². The average molecular weight is 289 g/mol. The number of nitrogens with two attached hydrogens (primary N) is 1. The lowest BCUT2D eigenvalue weighted by Crippen LogP contribution is -2.34. The van der Waals surface area contributed by atoms with E-state index in [1.807, 2.05) is 30.1 Å². The Hall–Kier alpha value is -2.03. The molecule has 0 aliphatic carbocycles. The molecule has 0 bridgehead atoms. The third kappa shape index (κ3) is 5.46. The molecule has 0 saturated heterocycles. The van der Waals surface area contributed by atoms with Crippen molar-refractivity contribution in [2.45, 2.75) is 6.54 Å². The van der Waals surface area contributed by atoms with Crippen molar-refractivity contribution in [3.63, 3.8) is 0 Å². The summed E-state index contributed by atoms with van der Waals surface area (Å²) in [5.41, 5.74) is 7.29. The molecule has 0 aliphatic rings. The molecule has 0 saturated carbocycles. The van der Waals surface area contributed by atoms with Crippen LogP contribution in [0.15, 0.2) is 18.2 Å². The van der Waals surface area contributed by atoms with Crippen molar-refractivity contribution in [3.05, 3.63) is 29.3 Å². The first-order valence-electron chi connectivity index (χ1n) is 6.72. The van der Waals surface area contributed by atoms with Gasteiger partial charge in [-0.3, -0.25) is 9.69 Å². The quantitative estimate of drug-likeness (QED) is 0.803. The van der Waals surface area contributed by atoms with E-state index in [0.29, 0.717) is 19.6 Å². The van der Waals surface area contributed by atoms with Gasteiger partial charge in [0.25, 0.3) is 0 Å². The van der Waals surface area contributed by atoms with Gasteiger partial charge >= 0.3 is 0 Å². The van der Waals surface area contributed by atoms with Crippen LogP contribution in [0.1, 0.15) is 11.1 Å². The molecule has 0 radical (unpaired) electrons. The highest BCUT2D eigenvalue weighted by Crippen LogP contribution is 2.19. The highest BCUT2D eigenvalue weighted by molar-refractivity contribution is 5.77. The molecule has 21 heavy (non-hydrogen) atoms. The summed E-state index contributed by atoms with van der Waals surface area (Å²) < 4.78 is 5.28. The van der Waals surface area contributed by atoms with Crippen LogP contribution in [0.4, 0.5) is 0 Å². The van der Waals surface area contributed by atoms with Gasteiger partial charge in [-0.2, -0.15) is 0 Å². The minimum Gasteiger partial charge on any atom is -0.495 e. The molecule has 0 heterocycles. The second-order valence-corrected chi connectivity index (χ2v) is 5.00. The number of methoxy groups -OCH3 is 1. The molecule has 5 heteroatoms.